The topological polar surface area (TPSA) is 72.2 Å². The number of hydrogen-bond donors (Lipinski definition) is 1. The fraction of sp³-hybridized carbons (Fsp3) is 0. The van der Waals surface area contributed by atoms with Gasteiger partial charge in [-0.05, 0) is 0 Å². The van der Waals surface area contributed by atoms with Crippen LogP contribution in [0.15, 0.2) is 32.6 Å². The summed E-state index contributed by atoms with van der Waals surface area (Å²) in [6.45, 7) is 0. The highest BCUT2D eigenvalue weighted by atomic mass is 16.5. The molecule has 1 N–H and O–H groups in total. The first-order chi connectivity index (χ1) is 5.77. The van der Waals surface area contributed by atoms with Gasteiger partial charge in [0.15, 0.2) is 0 Å². The highest BCUT2D eigenvalue weighted by Gasteiger charge is 2.09. The average molecular weight is 164 g/mol. The summed E-state index contributed by atoms with van der Waals surface area (Å²) in [5.74, 6) is 0. The second kappa shape index (κ2) is 2.30. The lowest BCUT2D eigenvalue weighted by Crippen LogP contribution is -2.31. The molecule has 0 atom stereocenters. The van der Waals surface area contributed by atoms with Crippen LogP contribution in [-0.2, 0) is 0 Å². The van der Waals surface area contributed by atoms with Crippen LogP contribution in [-0.4, -0.2) is 5.16 Å². The first-order valence-corrected chi connectivity index (χ1v) is 3.24. The van der Waals surface area contributed by atoms with Crippen molar-refractivity contribution in [2.75, 3.05) is 5.32 Å². The van der Waals surface area contributed by atoms with Gasteiger partial charge in [0.2, 0.25) is 10.9 Å². The van der Waals surface area contributed by atoms with Gasteiger partial charge in [-0.3, -0.25) is 9.59 Å². The molecule has 0 saturated heterocycles. The Labute approximate surface area is 66.3 Å². The molecular weight excluding hydrogens is 160 g/mol. The van der Waals surface area contributed by atoms with Gasteiger partial charge in [0.25, 0.3) is 0 Å². The van der Waals surface area contributed by atoms with Gasteiger partial charge >= 0.3 is 0 Å². The third-order valence-corrected chi connectivity index (χ3v) is 1.46. The molecule has 0 aliphatic heterocycles. The molecule has 0 aliphatic carbocycles. The SMILES string of the molecule is O=c1cc(Nc2cnoc2)c1=O. The van der Waals surface area contributed by atoms with Crippen LogP contribution in [0.5, 0.6) is 0 Å². The number of nitrogens with one attached hydrogen (secondary N) is 1. The van der Waals surface area contributed by atoms with Crippen LogP contribution in [0, 0.1) is 0 Å². The molecule has 0 amide bonds. The zero-order valence-electron chi connectivity index (χ0n) is 5.90. The molecule has 0 bridgehead atoms. The van der Waals surface area contributed by atoms with Crippen molar-refractivity contribution in [1.29, 1.82) is 0 Å². The van der Waals surface area contributed by atoms with Crippen molar-refractivity contribution in [3.63, 3.8) is 0 Å². The highest BCUT2D eigenvalue weighted by Crippen LogP contribution is 2.09. The van der Waals surface area contributed by atoms with Crippen LogP contribution in [0.3, 0.4) is 0 Å². The van der Waals surface area contributed by atoms with Gasteiger partial charge < -0.3 is 9.84 Å². The number of anilines is 2. The first kappa shape index (κ1) is 6.78. The fourth-order valence-electron chi connectivity index (χ4n) is 0.832. The van der Waals surface area contributed by atoms with Crippen molar-refractivity contribution >= 4 is 11.4 Å². The third kappa shape index (κ3) is 0.914. The predicted octanol–water partition coefficient (Wildman–Crippen LogP) is 0.0142. The summed E-state index contributed by atoms with van der Waals surface area (Å²) >= 11 is 0. The van der Waals surface area contributed by atoms with Gasteiger partial charge in [0.05, 0.1) is 17.6 Å². The Hall–Kier alpha value is -1.91. The van der Waals surface area contributed by atoms with Gasteiger partial charge in [-0.25, -0.2) is 0 Å². The van der Waals surface area contributed by atoms with Crippen LogP contribution >= 0.6 is 0 Å². The van der Waals surface area contributed by atoms with E-state index >= 15 is 0 Å². The van der Waals surface area contributed by atoms with Crippen molar-refractivity contribution in [3.8, 4) is 0 Å². The summed E-state index contributed by atoms with van der Waals surface area (Å²) in [7, 11) is 0. The van der Waals surface area contributed by atoms with Crippen LogP contribution in [0.4, 0.5) is 11.4 Å². The summed E-state index contributed by atoms with van der Waals surface area (Å²) < 4.78 is 4.51. The van der Waals surface area contributed by atoms with Crippen LogP contribution in [0.1, 0.15) is 0 Å². The third-order valence-electron chi connectivity index (χ3n) is 1.46. The molecule has 5 heteroatoms. The highest BCUT2D eigenvalue weighted by molar-refractivity contribution is 5.59. The second-order valence-electron chi connectivity index (χ2n) is 2.29. The molecule has 1 aromatic carbocycles. The van der Waals surface area contributed by atoms with Crippen molar-refractivity contribution in [3.05, 3.63) is 39.0 Å². The summed E-state index contributed by atoms with van der Waals surface area (Å²) in [5, 5.41) is 6.09. The molecule has 0 radical (unpaired) electrons. The van der Waals surface area contributed by atoms with Gasteiger partial charge in [0.1, 0.15) is 6.26 Å². The van der Waals surface area contributed by atoms with Gasteiger partial charge in [-0.15, -0.1) is 0 Å². The van der Waals surface area contributed by atoms with E-state index in [-0.39, 0.29) is 5.69 Å². The first-order valence-electron chi connectivity index (χ1n) is 3.24. The van der Waals surface area contributed by atoms with E-state index in [4.69, 9.17) is 0 Å². The quantitative estimate of drug-likeness (QED) is 0.633. The van der Waals surface area contributed by atoms with E-state index in [1.807, 2.05) is 0 Å². The predicted molar refractivity (Wildman–Crippen MR) is 41.1 cm³/mol. The molecule has 0 spiro atoms. The molecule has 2 aromatic rings. The lowest BCUT2D eigenvalue weighted by molar-refractivity contribution is 0.420. The van der Waals surface area contributed by atoms with E-state index in [0.29, 0.717) is 5.69 Å². The van der Waals surface area contributed by atoms with E-state index in [1.54, 1.807) is 0 Å². The van der Waals surface area contributed by atoms with Crippen molar-refractivity contribution in [1.82, 2.24) is 5.16 Å². The molecule has 12 heavy (non-hydrogen) atoms. The minimum atomic E-state index is -0.504. The minimum absolute atomic E-state index is 0.281. The number of rotatable bonds is 2. The fourth-order valence-corrected chi connectivity index (χ4v) is 0.832. The molecule has 0 fully saturated rings. The molecule has 2 rings (SSSR count). The molecule has 5 nitrogen and oxygen atoms in total. The maximum absolute atomic E-state index is 10.8. The maximum Gasteiger partial charge on any atom is 0.249 e. The summed E-state index contributed by atoms with van der Waals surface area (Å²) in [6.07, 6.45) is 2.76. The van der Waals surface area contributed by atoms with Crippen LogP contribution < -0.4 is 16.2 Å². The Morgan fingerprint density at radius 1 is 1.42 bits per heavy atom. The summed E-state index contributed by atoms with van der Waals surface area (Å²) in [5.41, 5.74) is -0.143. The molecule has 0 unspecified atom stereocenters. The van der Waals surface area contributed by atoms with Crippen molar-refractivity contribution < 1.29 is 4.52 Å². The Kier molecular flexibility index (Phi) is 1.30. The number of hydrogen-bond acceptors (Lipinski definition) is 5. The molecular formula is C7H4N2O3. The Balaban J connectivity index is 2.23. The Morgan fingerprint density at radius 2 is 2.25 bits per heavy atom. The van der Waals surface area contributed by atoms with E-state index in [9.17, 15) is 9.59 Å². The van der Waals surface area contributed by atoms with Crippen LogP contribution in [0.25, 0.3) is 0 Å². The van der Waals surface area contributed by atoms with Gasteiger partial charge in [-0.2, -0.15) is 0 Å². The van der Waals surface area contributed by atoms with Crippen molar-refractivity contribution in [2.24, 2.45) is 0 Å². The van der Waals surface area contributed by atoms with E-state index < -0.39 is 10.9 Å². The number of aromatic nitrogens is 1. The maximum atomic E-state index is 10.8. The van der Waals surface area contributed by atoms with Gasteiger partial charge in [0, 0.05) is 6.07 Å². The van der Waals surface area contributed by atoms with Crippen LogP contribution in [0.2, 0.25) is 0 Å². The molecule has 0 saturated carbocycles. The molecule has 1 aromatic heterocycles. The van der Waals surface area contributed by atoms with E-state index in [2.05, 4.69) is 15.0 Å². The summed E-state index contributed by atoms with van der Waals surface area (Å²) in [4.78, 5) is 21.2. The molecule has 0 aliphatic rings. The zero-order valence-corrected chi connectivity index (χ0v) is 5.90. The minimum Gasteiger partial charge on any atom is -0.363 e. The zero-order chi connectivity index (χ0) is 8.55. The standard InChI is InChI=1S/C7H4N2O3/c10-6-1-5(7(6)11)9-4-2-8-12-3-4/h1-3,9H. The summed E-state index contributed by atoms with van der Waals surface area (Å²) in [6, 6.07) is 1.23. The average Bonchev–Trinajstić information content (AvgIpc) is 2.56. The Morgan fingerprint density at radius 3 is 2.75 bits per heavy atom. The monoisotopic (exact) mass is 164 g/mol. The number of nitrogens with zero attached hydrogens (tertiary/aromatic N) is 1. The van der Waals surface area contributed by atoms with E-state index in [0.717, 1.165) is 0 Å². The Bertz CT molecular complexity index is 451. The largest absolute Gasteiger partial charge is 0.363 e. The van der Waals surface area contributed by atoms with Crippen molar-refractivity contribution in [2.45, 2.75) is 0 Å². The lowest BCUT2D eigenvalue weighted by Gasteiger charge is -2.00. The lowest BCUT2D eigenvalue weighted by atomic mass is 10.2. The molecule has 60 valence electrons. The normalized spacial score (nSPS) is 10.3. The van der Waals surface area contributed by atoms with E-state index in [1.165, 1.54) is 18.5 Å². The molecule has 1 heterocycles. The second-order valence-corrected chi connectivity index (χ2v) is 2.29. The van der Waals surface area contributed by atoms with Gasteiger partial charge in [-0.1, -0.05) is 5.16 Å². The smallest absolute Gasteiger partial charge is 0.249 e.